The van der Waals surface area contributed by atoms with Crippen molar-refractivity contribution in [2.45, 2.75) is 141 Å². The molecule has 270 valence electrons. The molecule has 2 aliphatic heterocycles. The van der Waals surface area contributed by atoms with Gasteiger partial charge in [0.2, 0.25) is 0 Å². The maximum absolute atomic E-state index is 14.0. The van der Waals surface area contributed by atoms with Crippen LogP contribution in [0.25, 0.3) is 11.1 Å². The molecule has 6 atom stereocenters. The Bertz CT molecular complexity index is 1090. The smallest absolute Gasteiger partial charge is 0.348 e. The van der Waals surface area contributed by atoms with Gasteiger partial charge in [0.15, 0.2) is 24.8 Å². The van der Waals surface area contributed by atoms with E-state index in [0.717, 1.165) is 75.3 Å². The molecule has 0 saturated carbocycles. The highest BCUT2D eigenvalue weighted by atomic mass is 19.4. The fourth-order valence-corrected chi connectivity index (χ4v) is 6.71. The van der Waals surface area contributed by atoms with E-state index in [1.54, 1.807) is 48.5 Å². The highest BCUT2D eigenvalue weighted by Gasteiger charge is 2.50. The van der Waals surface area contributed by atoms with Crippen LogP contribution in [0.2, 0.25) is 0 Å². The van der Waals surface area contributed by atoms with E-state index in [2.05, 4.69) is 13.8 Å². The minimum atomic E-state index is -4.49. The van der Waals surface area contributed by atoms with Crippen molar-refractivity contribution >= 4 is 0 Å². The van der Waals surface area contributed by atoms with Gasteiger partial charge in [-0.2, -0.15) is 26.3 Å². The monoisotopic (exact) mass is 686 g/mol. The molecule has 0 spiro atoms. The van der Waals surface area contributed by atoms with E-state index in [9.17, 15) is 26.3 Å². The molecule has 0 radical (unpaired) electrons. The summed E-state index contributed by atoms with van der Waals surface area (Å²) in [7, 11) is 0. The summed E-state index contributed by atoms with van der Waals surface area (Å²) >= 11 is 0. The molecule has 0 N–H and O–H groups in total. The molecule has 0 bridgehead atoms. The van der Waals surface area contributed by atoms with E-state index in [0.29, 0.717) is 36.8 Å². The van der Waals surface area contributed by atoms with Crippen LogP contribution in [0.5, 0.6) is 0 Å². The molecule has 2 heterocycles. The fraction of sp³-hybridized carbons (Fsp3) is 0.684. The first kappa shape index (κ1) is 38.7. The Morgan fingerprint density at radius 1 is 0.500 bits per heavy atom. The molecule has 0 amide bonds. The van der Waals surface area contributed by atoms with Crippen LogP contribution in [0.15, 0.2) is 48.5 Å². The van der Waals surface area contributed by atoms with Crippen LogP contribution < -0.4 is 0 Å². The standard InChI is InChI=1S/C38H52F6O4/c1-3-5-7-9-11-13-15-31-25-45-35(47-33(31)37(39,40)41)29-21-17-27(18-22-29)28-19-23-30(24-20-28)36-46-26-32(34(48-36)38(42,43)44)16-14-12-10-8-6-4-2/h17-24,31-36H,3-16,25-26H2,1-2H3/t31-,32-,33-,34-,35-,36-/m0/s1. The van der Waals surface area contributed by atoms with Gasteiger partial charge in [0, 0.05) is 23.0 Å². The predicted molar refractivity (Wildman–Crippen MR) is 174 cm³/mol. The number of unbranched alkanes of at least 4 members (excludes halogenated alkanes) is 10. The molecular formula is C38H52F6O4. The molecule has 4 nitrogen and oxygen atoms in total. The number of ether oxygens (including phenoxy) is 4. The third-order valence-corrected chi connectivity index (χ3v) is 9.52. The first-order chi connectivity index (χ1) is 23.0. The van der Waals surface area contributed by atoms with Crippen LogP contribution in [-0.4, -0.2) is 37.8 Å². The Hall–Kier alpha value is -2.14. The number of alkyl halides is 6. The third kappa shape index (κ3) is 11.5. The number of halogens is 6. The number of hydrogen-bond donors (Lipinski definition) is 0. The maximum atomic E-state index is 14.0. The molecule has 0 aliphatic carbocycles. The van der Waals surface area contributed by atoms with E-state index in [1.165, 1.54) is 0 Å². The molecule has 2 saturated heterocycles. The Morgan fingerprint density at radius 2 is 0.833 bits per heavy atom. The first-order valence-corrected chi connectivity index (χ1v) is 17.9. The molecular weight excluding hydrogens is 634 g/mol. The summed E-state index contributed by atoms with van der Waals surface area (Å²) in [5.41, 5.74) is 2.54. The lowest BCUT2D eigenvalue weighted by atomic mass is 9.93. The average Bonchev–Trinajstić information content (AvgIpc) is 3.07. The van der Waals surface area contributed by atoms with Crippen LogP contribution >= 0.6 is 0 Å². The lowest BCUT2D eigenvalue weighted by molar-refractivity contribution is -0.325. The van der Waals surface area contributed by atoms with Gasteiger partial charge in [0.1, 0.15) is 0 Å². The molecule has 4 rings (SSSR count). The lowest BCUT2D eigenvalue weighted by Gasteiger charge is -2.37. The van der Waals surface area contributed by atoms with Gasteiger partial charge >= 0.3 is 12.4 Å². The Labute approximate surface area is 281 Å². The normalized spacial score (nSPS) is 25.3. The minimum Gasteiger partial charge on any atom is -0.348 e. The van der Waals surface area contributed by atoms with Gasteiger partial charge in [0.05, 0.1) is 13.2 Å². The van der Waals surface area contributed by atoms with Crippen molar-refractivity contribution < 1.29 is 45.3 Å². The second-order valence-corrected chi connectivity index (χ2v) is 13.4. The van der Waals surface area contributed by atoms with Crippen LogP contribution in [0.4, 0.5) is 26.3 Å². The predicted octanol–water partition coefficient (Wildman–Crippen LogP) is 12.0. The lowest BCUT2D eigenvalue weighted by Crippen LogP contribution is -2.45. The quantitative estimate of drug-likeness (QED) is 0.123. The second kappa shape index (κ2) is 18.7. The van der Waals surface area contributed by atoms with E-state index in [1.807, 2.05) is 0 Å². The van der Waals surface area contributed by atoms with Gasteiger partial charge in [-0.05, 0) is 24.0 Å². The molecule has 2 aliphatic rings. The van der Waals surface area contributed by atoms with Crippen molar-refractivity contribution in [3.8, 4) is 11.1 Å². The van der Waals surface area contributed by atoms with Crippen molar-refractivity contribution in [3.63, 3.8) is 0 Å². The summed E-state index contributed by atoms with van der Waals surface area (Å²) in [6.07, 6.45) is -2.16. The van der Waals surface area contributed by atoms with Crippen molar-refractivity contribution in [1.82, 2.24) is 0 Å². The molecule has 2 fully saturated rings. The number of hydrogen-bond acceptors (Lipinski definition) is 4. The van der Waals surface area contributed by atoms with Gasteiger partial charge in [-0.3, -0.25) is 0 Å². The second-order valence-electron chi connectivity index (χ2n) is 13.4. The Morgan fingerprint density at radius 3 is 1.17 bits per heavy atom. The Kier molecular flexibility index (Phi) is 15.1. The van der Waals surface area contributed by atoms with Crippen molar-refractivity contribution in [2.75, 3.05) is 13.2 Å². The molecule has 0 unspecified atom stereocenters. The van der Waals surface area contributed by atoms with E-state index in [4.69, 9.17) is 18.9 Å². The van der Waals surface area contributed by atoms with Gasteiger partial charge < -0.3 is 18.9 Å². The topological polar surface area (TPSA) is 36.9 Å². The van der Waals surface area contributed by atoms with Gasteiger partial charge in [-0.15, -0.1) is 0 Å². The van der Waals surface area contributed by atoms with Crippen molar-refractivity contribution in [1.29, 1.82) is 0 Å². The molecule has 48 heavy (non-hydrogen) atoms. The zero-order chi connectivity index (χ0) is 34.6. The highest BCUT2D eigenvalue weighted by molar-refractivity contribution is 5.64. The van der Waals surface area contributed by atoms with Gasteiger partial charge in [0.25, 0.3) is 0 Å². The van der Waals surface area contributed by atoms with Crippen LogP contribution in [0.3, 0.4) is 0 Å². The van der Waals surface area contributed by atoms with E-state index >= 15 is 0 Å². The SMILES string of the molecule is CCCCCCCC[C@H]1CO[C@H](c2ccc(-c3ccc([C@H]4OC[C@H](CCCCCCCC)[C@@H](C(F)(F)F)O4)cc3)cc2)O[C@@H]1C(F)(F)F. The summed E-state index contributed by atoms with van der Waals surface area (Å²) in [6, 6.07) is 13.8. The fourth-order valence-electron chi connectivity index (χ4n) is 6.71. The van der Waals surface area contributed by atoms with E-state index in [-0.39, 0.29) is 13.2 Å². The van der Waals surface area contributed by atoms with Crippen molar-refractivity contribution in [3.05, 3.63) is 59.7 Å². The van der Waals surface area contributed by atoms with Crippen molar-refractivity contribution in [2.24, 2.45) is 11.8 Å². The van der Waals surface area contributed by atoms with Crippen LogP contribution in [-0.2, 0) is 18.9 Å². The third-order valence-electron chi connectivity index (χ3n) is 9.52. The largest absolute Gasteiger partial charge is 0.415 e. The summed E-state index contributed by atoms with van der Waals surface area (Å²) < 4.78 is 106. The maximum Gasteiger partial charge on any atom is 0.415 e. The summed E-state index contributed by atoms with van der Waals surface area (Å²) in [5.74, 6) is -1.47. The number of benzene rings is 2. The van der Waals surface area contributed by atoms with E-state index < -0.39 is 49.0 Å². The van der Waals surface area contributed by atoms with Gasteiger partial charge in [-0.1, -0.05) is 139 Å². The zero-order valence-corrected chi connectivity index (χ0v) is 28.3. The van der Waals surface area contributed by atoms with Crippen LogP contribution in [0.1, 0.15) is 127 Å². The summed E-state index contributed by atoms with van der Waals surface area (Å²) in [5, 5.41) is 0. The van der Waals surface area contributed by atoms with Crippen LogP contribution in [0, 0.1) is 11.8 Å². The average molecular weight is 687 g/mol. The molecule has 2 aromatic carbocycles. The molecule has 0 aromatic heterocycles. The van der Waals surface area contributed by atoms with Gasteiger partial charge in [-0.25, -0.2) is 0 Å². The zero-order valence-electron chi connectivity index (χ0n) is 28.3. The molecule has 2 aromatic rings. The highest BCUT2D eigenvalue weighted by Crippen LogP contribution is 2.42. The minimum absolute atomic E-state index is 0.0205. The number of rotatable bonds is 17. The molecule has 10 heteroatoms. The summed E-state index contributed by atoms with van der Waals surface area (Å²) in [4.78, 5) is 0. The summed E-state index contributed by atoms with van der Waals surface area (Å²) in [6.45, 7) is 4.21. The first-order valence-electron chi connectivity index (χ1n) is 17.9. The Balaban J connectivity index is 1.32.